The molecule has 33 heavy (non-hydrogen) atoms. The summed E-state index contributed by atoms with van der Waals surface area (Å²) in [6, 6.07) is -3.67. The molecule has 0 aliphatic rings. The Labute approximate surface area is 189 Å². The first-order valence-electron chi connectivity index (χ1n) is 10.1. The van der Waals surface area contributed by atoms with E-state index in [-0.39, 0.29) is 18.8 Å². The number of nitrogens with two attached hydrogens (primary N) is 3. The van der Waals surface area contributed by atoms with E-state index in [0.29, 0.717) is 18.7 Å². The number of rotatable bonds is 14. The summed E-state index contributed by atoms with van der Waals surface area (Å²) in [5.41, 5.74) is 16.7. The number of aliphatic hydroxyl groups excluding tert-OH is 1. The molecule has 0 spiro atoms. The van der Waals surface area contributed by atoms with Gasteiger partial charge in [0.25, 0.3) is 0 Å². The van der Waals surface area contributed by atoms with Crippen molar-refractivity contribution >= 4 is 29.7 Å². The summed E-state index contributed by atoms with van der Waals surface area (Å²) in [6.45, 7) is 1.04. The molecule has 0 saturated heterocycles. The fraction of sp³-hybridized carbons (Fsp3) is 0.556. The van der Waals surface area contributed by atoms with Gasteiger partial charge in [0.15, 0.2) is 12.0 Å². The first-order valence-corrected chi connectivity index (χ1v) is 10.1. The van der Waals surface area contributed by atoms with E-state index < -0.39 is 54.5 Å². The second kappa shape index (κ2) is 13.6. The van der Waals surface area contributed by atoms with Crippen LogP contribution >= 0.6 is 0 Å². The average molecular weight is 470 g/mol. The van der Waals surface area contributed by atoms with Crippen molar-refractivity contribution in [2.24, 2.45) is 22.2 Å². The predicted molar refractivity (Wildman–Crippen MR) is 116 cm³/mol. The van der Waals surface area contributed by atoms with Crippen molar-refractivity contribution in [3.05, 3.63) is 18.2 Å². The van der Waals surface area contributed by atoms with Crippen LogP contribution in [-0.2, 0) is 25.6 Å². The molecule has 0 bridgehead atoms. The molecule has 184 valence electrons. The third kappa shape index (κ3) is 10.4. The summed E-state index contributed by atoms with van der Waals surface area (Å²) in [5.74, 6) is -3.63. The van der Waals surface area contributed by atoms with Crippen molar-refractivity contribution in [1.82, 2.24) is 25.9 Å². The number of aliphatic hydroxyl groups is 1. The minimum Gasteiger partial charge on any atom is -0.480 e. The largest absolute Gasteiger partial charge is 0.480 e. The molecule has 0 aromatic carbocycles. The lowest BCUT2D eigenvalue weighted by atomic mass is 10.1. The Kier molecular flexibility index (Phi) is 11.3. The molecule has 12 N–H and O–H groups in total. The third-order valence-corrected chi connectivity index (χ3v) is 4.40. The van der Waals surface area contributed by atoms with E-state index in [2.05, 4.69) is 30.9 Å². The number of imidazole rings is 1. The minimum atomic E-state index is -1.57. The fourth-order valence-electron chi connectivity index (χ4n) is 2.66. The van der Waals surface area contributed by atoms with Crippen LogP contribution in [0.15, 0.2) is 17.5 Å². The highest BCUT2D eigenvalue weighted by Gasteiger charge is 2.30. The van der Waals surface area contributed by atoms with Gasteiger partial charge in [-0.1, -0.05) is 0 Å². The number of nitrogens with one attached hydrogen (secondary N) is 4. The molecule has 1 aromatic heterocycles. The molecule has 1 aromatic rings. The van der Waals surface area contributed by atoms with Crippen molar-refractivity contribution < 1.29 is 29.4 Å². The van der Waals surface area contributed by atoms with Gasteiger partial charge in [-0.3, -0.25) is 19.4 Å². The summed E-state index contributed by atoms with van der Waals surface area (Å²) in [7, 11) is 0. The van der Waals surface area contributed by atoms with Gasteiger partial charge in [-0.2, -0.15) is 0 Å². The lowest BCUT2D eigenvalue weighted by Crippen LogP contribution is -2.56. The van der Waals surface area contributed by atoms with Crippen molar-refractivity contribution in [1.29, 1.82) is 0 Å². The van der Waals surface area contributed by atoms with Gasteiger partial charge in [-0.25, -0.2) is 9.78 Å². The number of aliphatic imine (C=N–C) groups is 1. The first-order chi connectivity index (χ1) is 15.5. The van der Waals surface area contributed by atoms with Gasteiger partial charge in [0.05, 0.1) is 25.0 Å². The maximum absolute atomic E-state index is 12.6. The number of hydrogen-bond acceptors (Lipinski definition) is 8. The van der Waals surface area contributed by atoms with Gasteiger partial charge < -0.3 is 48.3 Å². The number of aromatic amines is 1. The summed E-state index contributed by atoms with van der Waals surface area (Å²) in [4.78, 5) is 58.6. The van der Waals surface area contributed by atoms with E-state index in [0.717, 1.165) is 0 Å². The average Bonchev–Trinajstić information content (AvgIpc) is 3.25. The zero-order chi connectivity index (χ0) is 25.0. The lowest BCUT2D eigenvalue weighted by molar-refractivity contribution is -0.145. The van der Waals surface area contributed by atoms with Crippen LogP contribution in [0.1, 0.15) is 25.5 Å². The van der Waals surface area contributed by atoms with E-state index in [1.54, 1.807) is 0 Å². The van der Waals surface area contributed by atoms with Gasteiger partial charge in [-0.15, -0.1) is 0 Å². The van der Waals surface area contributed by atoms with Crippen LogP contribution in [0.3, 0.4) is 0 Å². The van der Waals surface area contributed by atoms with Gasteiger partial charge >= 0.3 is 5.97 Å². The molecular weight excluding hydrogens is 438 g/mol. The van der Waals surface area contributed by atoms with Crippen LogP contribution in [-0.4, -0.2) is 87.2 Å². The number of carbonyl (C=O) groups is 4. The van der Waals surface area contributed by atoms with Gasteiger partial charge in [-0.05, 0) is 19.8 Å². The van der Waals surface area contributed by atoms with Crippen LogP contribution in [0.25, 0.3) is 0 Å². The van der Waals surface area contributed by atoms with Gasteiger partial charge in [0.1, 0.15) is 6.04 Å². The molecule has 3 amide bonds. The second-order valence-corrected chi connectivity index (χ2v) is 7.24. The maximum Gasteiger partial charge on any atom is 0.328 e. The Morgan fingerprint density at radius 1 is 1.21 bits per heavy atom. The number of aromatic nitrogens is 2. The molecule has 0 aliphatic heterocycles. The maximum atomic E-state index is 12.6. The molecule has 15 nitrogen and oxygen atoms in total. The molecule has 1 heterocycles. The monoisotopic (exact) mass is 469 g/mol. The van der Waals surface area contributed by atoms with Crippen molar-refractivity contribution in [2.75, 3.05) is 13.1 Å². The van der Waals surface area contributed by atoms with Crippen LogP contribution in [0.4, 0.5) is 0 Å². The number of aliphatic carboxylic acids is 1. The quantitative estimate of drug-likeness (QED) is 0.0721. The molecule has 15 heteroatoms. The Morgan fingerprint density at radius 3 is 2.45 bits per heavy atom. The Hall–Kier alpha value is -3.72. The number of hydrogen-bond donors (Lipinski definition) is 9. The lowest BCUT2D eigenvalue weighted by Gasteiger charge is -2.22. The van der Waals surface area contributed by atoms with Crippen LogP contribution in [0, 0.1) is 0 Å². The number of carbonyl (C=O) groups excluding carboxylic acids is 3. The Balaban J connectivity index is 2.66. The molecule has 0 radical (unpaired) electrons. The first kappa shape index (κ1) is 27.3. The van der Waals surface area contributed by atoms with E-state index in [1.807, 2.05) is 0 Å². The highest BCUT2D eigenvalue weighted by molar-refractivity contribution is 5.92. The topological polar surface area (TPSA) is 264 Å². The van der Waals surface area contributed by atoms with Gasteiger partial charge in [0.2, 0.25) is 17.7 Å². The summed E-state index contributed by atoms with van der Waals surface area (Å²) in [5, 5.41) is 25.7. The van der Waals surface area contributed by atoms with Crippen LogP contribution < -0.4 is 33.2 Å². The smallest absolute Gasteiger partial charge is 0.328 e. The highest BCUT2D eigenvalue weighted by atomic mass is 16.4. The molecular formula is C18H31N9O6. The second-order valence-electron chi connectivity index (χ2n) is 7.24. The molecule has 0 saturated carbocycles. The normalized spacial score (nSPS) is 14.3. The van der Waals surface area contributed by atoms with E-state index in [1.165, 1.54) is 19.4 Å². The predicted octanol–water partition coefficient (Wildman–Crippen LogP) is -4.12. The van der Waals surface area contributed by atoms with Gasteiger partial charge in [0, 0.05) is 24.9 Å². The molecule has 4 atom stereocenters. The fourth-order valence-corrected chi connectivity index (χ4v) is 2.66. The van der Waals surface area contributed by atoms with Crippen molar-refractivity contribution in [3.63, 3.8) is 0 Å². The number of guanidine groups is 1. The molecule has 4 unspecified atom stereocenters. The van der Waals surface area contributed by atoms with Crippen LogP contribution in [0.2, 0.25) is 0 Å². The number of carboxylic acid groups (broad SMARTS) is 1. The summed E-state index contributed by atoms with van der Waals surface area (Å²) >= 11 is 0. The number of H-pyrrole nitrogens is 1. The Morgan fingerprint density at radius 2 is 1.91 bits per heavy atom. The molecule has 1 rings (SSSR count). The zero-order valence-electron chi connectivity index (χ0n) is 18.2. The molecule has 0 aliphatic carbocycles. The standard InChI is InChI=1S/C18H31N9O6/c1-9(28)14(17(32)33)27-16(31)12(5-10-6-22-8-25-10)26-13(29)7-24-15(30)11(19)3-2-4-23-18(20)21/h6,8-9,11-12,14,28H,2-5,7,19H2,1H3,(H,22,25)(H,24,30)(H,26,29)(H,27,31)(H,32,33)(H4,20,21,23). The minimum absolute atomic E-state index is 0.0397. The molecule has 0 fully saturated rings. The number of carboxylic acids is 1. The third-order valence-electron chi connectivity index (χ3n) is 4.40. The number of amides is 3. The summed E-state index contributed by atoms with van der Waals surface area (Å²) in [6.07, 6.45) is 2.13. The zero-order valence-corrected chi connectivity index (χ0v) is 18.2. The van der Waals surface area contributed by atoms with Crippen molar-refractivity contribution in [3.8, 4) is 0 Å². The highest BCUT2D eigenvalue weighted by Crippen LogP contribution is 2.02. The number of nitrogens with zero attached hydrogens (tertiary/aromatic N) is 2. The Bertz CT molecular complexity index is 823. The summed E-state index contributed by atoms with van der Waals surface area (Å²) < 4.78 is 0. The van der Waals surface area contributed by atoms with E-state index in [9.17, 15) is 24.3 Å². The van der Waals surface area contributed by atoms with Crippen molar-refractivity contribution in [2.45, 2.75) is 50.4 Å². The van der Waals surface area contributed by atoms with E-state index >= 15 is 0 Å². The van der Waals surface area contributed by atoms with Crippen LogP contribution in [0.5, 0.6) is 0 Å². The van der Waals surface area contributed by atoms with E-state index in [4.69, 9.17) is 22.3 Å². The SMILES string of the molecule is CC(O)C(NC(=O)C(Cc1cnc[nH]1)NC(=O)CNC(=O)C(N)CCCN=C(N)N)C(=O)O.